The molecule has 3 nitrogen and oxygen atoms in total. The van der Waals surface area contributed by atoms with Crippen molar-refractivity contribution in [3.05, 3.63) is 54.1 Å². The molecule has 2 heterocycles. The van der Waals surface area contributed by atoms with Gasteiger partial charge in [0.15, 0.2) is 0 Å². The third-order valence-electron chi connectivity index (χ3n) is 2.91. The number of benzene rings is 1. The number of hydrogen-bond acceptors (Lipinski definition) is 2. The van der Waals surface area contributed by atoms with Gasteiger partial charge >= 0.3 is 0 Å². The first kappa shape index (κ1) is 11.5. The fraction of sp³-hybridized carbons (Fsp3) is 0. The van der Waals surface area contributed by atoms with Crippen molar-refractivity contribution in [3.63, 3.8) is 0 Å². The van der Waals surface area contributed by atoms with Crippen LogP contribution in [-0.4, -0.2) is 17.5 Å². The van der Waals surface area contributed by atoms with Gasteiger partial charge < -0.3 is 0 Å². The molecule has 88 valence electrons. The molecular formula is C14H7BFN3. The van der Waals surface area contributed by atoms with E-state index < -0.39 is 0 Å². The number of rotatable bonds is 1. The zero-order valence-electron chi connectivity index (χ0n) is 9.84. The Kier molecular flexibility index (Phi) is 2.57. The van der Waals surface area contributed by atoms with Crippen molar-refractivity contribution in [1.82, 2.24) is 9.61 Å². The standard InChI is InChI=1S/C14H7BFN3/c15-11-5-13(9-1-3-12(16)4-2-9)14-10(6-17)7-18-19(14)8-11/h1-5,7-8H. The maximum atomic E-state index is 13.0. The summed E-state index contributed by atoms with van der Waals surface area (Å²) in [5.41, 5.74) is 3.20. The molecule has 19 heavy (non-hydrogen) atoms. The van der Waals surface area contributed by atoms with Crippen molar-refractivity contribution in [2.75, 3.05) is 0 Å². The van der Waals surface area contributed by atoms with Crippen LogP contribution in [0.25, 0.3) is 16.6 Å². The Morgan fingerprint density at radius 1 is 1.26 bits per heavy atom. The van der Waals surface area contributed by atoms with E-state index in [9.17, 15) is 4.39 Å². The second kappa shape index (κ2) is 4.25. The molecule has 0 aliphatic heterocycles. The fourth-order valence-electron chi connectivity index (χ4n) is 2.07. The Morgan fingerprint density at radius 3 is 2.68 bits per heavy atom. The van der Waals surface area contributed by atoms with Crippen LogP contribution in [0.5, 0.6) is 0 Å². The van der Waals surface area contributed by atoms with E-state index in [4.69, 9.17) is 13.1 Å². The molecule has 0 spiro atoms. The minimum atomic E-state index is -0.308. The van der Waals surface area contributed by atoms with Crippen LogP contribution in [0.2, 0.25) is 0 Å². The lowest BCUT2D eigenvalue weighted by molar-refractivity contribution is 0.628. The van der Waals surface area contributed by atoms with E-state index >= 15 is 0 Å². The summed E-state index contributed by atoms with van der Waals surface area (Å²) in [6.45, 7) is 0. The predicted octanol–water partition coefficient (Wildman–Crippen LogP) is 1.81. The molecule has 0 bridgehead atoms. The summed E-state index contributed by atoms with van der Waals surface area (Å²) < 4.78 is 14.5. The van der Waals surface area contributed by atoms with Gasteiger partial charge in [-0.05, 0) is 17.7 Å². The van der Waals surface area contributed by atoms with Crippen molar-refractivity contribution in [2.45, 2.75) is 0 Å². The molecular weight excluding hydrogens is 240 g/mol. The van der Waals surface area contributed by atoms with E-state index in [1.54, 1.807) is 28.9 Å². The summed E-state index contributed by atoms with van der Waals surface area (Å²) in [6.07, 6.45) is 3.13. The first-order chi connectivity index (χ1) is 9.19. The summed E-state index contributed by atoms with van der Waals surface area (Å²) >= 11 is 0. The van der Waals surface area contributed by atoms with Gasteiger partial charge in [-0.25, -0.2) is 8.91 Å². The van der Waals surface area contributed by atoms with Crippen LogP contribution < -0.4 is 5.46 Å². The van der Waals surface area contributed by atoms with Gasteiger partial charge in [0, 0.05) is 11.8 Å². The highest BCUT2D eigenvalue weighted by Crippen LogP contribution is 2.26. The van der Waals surface area contributed by atoms with E-state index in [1.807, 2.05) is 0 Å². The van der Waals surface area contributed by atoms with Crippen molar-refractivity contribution in [2.24, 2.45) is 0 Å². The van der Waals surface area contributed by atoms with Crippen LogP contribution in [0.15, 0.2) is 42.7 Å². The molecule has 0 aliphatic carbocycles. The molecule has 0 amide bonds. The summed E-state index contributed by atoms with van der Waals surface area (Å²) in [5.74, 6) is -0.308. The first-order valence-corrected chi connectivity index (χ1v) is 5.62. The molecule has 5 heteroatoms. The van der Waals surface area contributed by atoms with Crippen LogP contribution in [0, 0.1) is 17.1 Å². The highest BCUT2D eigenvalue weighted by molar-refractivity contribution is 6.32. The third-order valence-corrected chi connectivity index (χ3v) is 2.91. The average Bonchev–Trinajstić information content (AvgIpc) is 2.81. The molecule has 0 saturated heterocycles. The number of pyridine rings is 1. The minimum absolute atomic E-state index is 0.308. The quantitative estimate of drug-likeness (QED) is 0.615. The Morgan fingerprint density at radius 2 is 2.00 bits per heavy atom. The maximum Gasteiger partial charge on any atom is 0.123 e. The van der Waals surface area contributed by atoms with Crippen LogP contribution in [0.1, 0.15) is 5.56 Å². The molecule has 0 N–H and O–H groups in total. The Labute approximate surface area is 110 Å². The average molecular weight is 247 g/mol. The molecule has 3 aromatic rings. The van der Waals surface area contributed by atoms with Crippen LogP contribution in [0.4, 0.5) is 4.39 Å². The highest BCUT2D eigenvalue weighted by Gasteiger charge is 2.11. The Bertz CT molecular complexity index is 800. The van der Waals surface area contributed by atoms with E-state index in [2.05, 4.69) is 11.2 Å². The molecule has 0 atom stereocenters. The topological polar surface area (TPSA) is 41.1 Å². The number of nitrogens with zero attached hydrogens (tertiary/aromatic N) is 3. The summed E-state index contributed by atoms with van der Waals surface area (Å²) in [6, 6.07) is 9.89. The zero-order chi connectivity index (χ0) is 13.4. The normalized spacial score (nSPS) is 10.5. The molecule has 0 aliphatic rings. The molecule has 0 saturated carbocycles. The van der Waals surface area contributed by atoms with Crippen molar-refractivity contribution in [1.29, 1.82) is 5.26 Å². The Balaban J connectivity index is 2.36. The van der Waals surface area contributed by atoms with Gasteiger partial charge in [0.05, 0.1) is 17.3 Å². The van der Waals surface area contributed by atoms with Gasteiger partial charge in [0.25, 0.3) is 0 Å². The van der Waals surface area contributed by atoms with Crippen molar-refractivity contribution >= 4 is 18.8 Å². The largest absolute Gasteiger partial charge is 0.240 e. The number of fused-ring (bicyclic) bond motifs is 1. The molecule has 3 rings (SSSR count). The van der Waals surface area contributed by atoms with Gasteiger partial charge in [0.1, 0.15) is 19.7 Å². The van der Waals surface area contributed by atoms with Gasteiger partial charge in [0.2, 0.25) is 0 Å². The van der Waals surface area contributed by atoms with Crippen LogP contribution in [-0.2, 0) is 0 Å². The van der Waals surface area contributed by atoms with E-state index in [-0.39, 0.29) is 5.82 Å². The number of nitriles is 1. The van der Waals surface area contributed by atoms with E-state index in [0.29, 0.717) is 16.5 Å². The number of hydrogen-bond donors (Lipinski definition) is 0. The zero-order valence-corrected chi connectivity index (χ0v) is 9.84. The molecule has 0 fully saturated rings. The number of aromatic nitrogens is 2. The smallest absolute Gasteiger partial charge is 0.123 e. The lowest BCUT2D eigenvalue weighted by atomic mass is 9.93. The van der Waals surface area contributed by atoms with Crippen LogP contribution in [0.3, 0.4) is 0 Å². The Hall–Kier alpha value is -2.61. The molecule has 0 unspecified atom stereocenters. The minimum Gasteiger partial charge on any atom is -0.240 e. The summed E-state index contributed by atoms with van der Waals surface area (Å²) in [7, 11) is 5.82. The van der Waals surface area contributed by atoms with Crippen molar-refractivity contribution < 1.29 is 4.39 Å². The summed E-state index contributed by atoms with van der Waals surface area (Å²) in [5, 5.41) is 13.2. The lowest BCUT2D eigenvalue weighted by Crippen LogP contribution is -2.07. The second-order valence-corrected chi connectivity index (χ2v) is 4.16. The second-order valence-electron chi connectivity index (χ2n) is 4.16. The third kappa shape index (κ3) is 1.87. The van der Waals surface area contributed by atoms with Gasteiger partial charge in [-0.1, -0.05) is 23.7 Å². The molecule has 2 radical (unpaired) electrons. The van der Waals surface area contributed by atoms with Gasteiger partial charge in [-0.15, -0.1) is 0 Å². The highest BCUT2D eigenvalue weighted by atomic mass is 19.1. The van der Waals surface area contributed by atoms with Crippen LogP contribution >= 0.6 is 0 Å². The first-order valence-electron chi connectivity index (χ1n) is 5.62. The fourth-order valence-corrected chi connectivity index (χ4v) is 2.07. The number of halogens is 1. The van der Waals surface area contributed by atoms with E-state index in [1.165, 1.54) is 18.3 Å². The predicted molar refractivity (Wildman–Crippen MR) is 70.7 cm³/mol. The summed E-state index contributed by atoms with van der Waals surface area (Å²) in [4.78, 5) is 0. The molecule has 2 aromatic heterocycles. The van der Waals surface area contributed by atoms with Gasteiger partial charge in [-0.2, -0.15) is 10.4 Å². The monoisotopic (exact) mass is 247 g/mol. The van der Waals surface area contributed by atoms with Gasteiger partial charge in [-0.3, -0.25) is 0 Å². The van der Waals surface area contributed by atoms with Crippen molar-refractivity contribution in [3.8, 4) is 17.2 Å². The van der Waals surface area contributed by atoms with E-state index in [0.717, 1.165) is 11.1 Å². The SMILES string of the molecule is [B]c1cc(-c2ccc(F)cc2)c2c(C#N)cnn2c1. The maximum absolute atomic E-state index is 13.0. The molecule has 1 aromatic carbocycles. The lowest BCUT2D eigenvalue weighted by Gasteiger charge is -2.07.